The van der Waals surface area contributed by atoms with Crippen molar-refractivity contribution in [2.45, 2.75) is 18.9 Å². The molecule has 0 saturated heterocycles. The van der Waals surface area contributed by atoms with E-state index in [1.807, 2.05) is 12.3 Å². The number of rotatable bonds is 4. The first kappa shape index (κ1) is 15.4. The highest BCUT2D eigenvalue weighted by Crippen LogP contribution is 2.39. The molecular weight excluding hydrogens is 304 g/mol. The highest BCUT2D eigenvalue weighted by atomic mass is 35.5. The van der Waals surface area contributed by atoms with Gasteiger partial charge < -0.3 is 10.8 Å². The molecule has 1 aromatic carbocycles. The average Bonchev–Trinajstić information content (AvgIpc) is 2.69. The van der Waals surface area contributed by atoms with Crippen molar-refractivity contribution in [2.24, 2.45) is 5.73 Å². The van der Waals surface area contributed by atoms with Gasteiger partial charge >= 0.3 is 0 Å². The minimum Gasteiger partial charge on any atom is -0.387 e. The van der Waals surface area contributed by atoms with Crippen molar-refractivity contribution in [2.75, 3.05) is 6.54 Å². The van der Waals surface area contributed by atoms with Crippen LogP contribution in [0.3, 0.4) is 0 Å². The lowest BCUT2D eigenvalue weighted by molar-refractivity contribution is 0.151. The van der Waals surface area contributed by atoms with Gasteiger partial charge in [0.05, 0.1) is 16.0 Å². The second kappa shape index (κ2) is 6.18. The molecule has 0 bridgehead atoms. The van der Waals surface area contributed by atoms with Crippen molar-refractivity contribution in [3.05, 3.63) is 56.2 Å². The van der Waals surface area contributed by atoms with E-state index in [9.17, 15) is 13.9 Å². The number of hydrogen-bond acceptors (Lipinski definition) is 3. The molecule has 20 heavy (non-hydrogen) atoms. The molecular formula is C14H14ClF2NOS. The normalized spacial score (nSPS) is 14.3. The lowest BCUT2D eigenvalue weighted by atomic mass is 9.92. The number of aliphatic hydroxyl groups is 1. The molecule has 0 radical (unpaired) electrons. The van der Waals surface area contributed by atoms with Gasteiger partial charge in [-0.15, -0.1) is 11.3 Å². The van der Waals surface area contributed by atoms with Crippen LogP contribution in [0.25, 0.3) is 0 Å². The van der Waals surface area contributed by atoms with E-state index in [4.69, 9.17) is 17.3 Å². The first-order chi connectivity index (χ1) is 9.43. The maximum absolute atomic E-state index is 13.3. The quantitative estimate of drug-likeness (QED) is 0.902. The summed E-state index contributed by atoms with van der Waals surface area (Å²) in [5.41, 5.74) is 6.83. The average molecular weight is 318 g/mol. The molecule has 1 heterocycles. The van der Waals surface area contributed by atoms with Gasteiger partial charge in [-0.2, -0.15) is 0 Å². The van der Waals surface area contributed by atoms with Gasteiger partial charge in [0.25, 0.3) is 0 Å². The summed E-state index contributed by atoms with van der Waals surface area (Å²) in [5.74, 6) is -2.01. The number of halogens is 3. The van der Waals surface area contributed by atoms with Crippen LogP contribution in [-0.4, -0.2) is 11.7 Å². The molecule has 108 valence electrons. The van der Waals surface area contributed by atoms with Gasteiger partial charge in [-0.1, -0.05) is 11.6 Å². The second-order valence-corrected chi connectivity index (χ2v) is 5.88. The van der Waals surface area contributed by atoms with E-state index in [0.29, 0.717) is 15.5 Å². The number of thiophene rings is 1. The molecule has 0 aliphatic carbocycles. The molecule has 2 atom stereocenters. The predicted octanol–water partition coefficient (Wildman–Crippen LogP) is 3.76. The Bertz CT molecular complexity index is 597. The zero-order valence-corrected chi connectivity index (χ0v) is 12.3. The lowest BCUT2D eigenvalue weighted by Gasteiger charge is -2.21. The van der Waals surface area contributed by atoms with E-state index in [1.165, 1.54) is 23.5 Å². The number of hydrogen-bond donors (Lipinski definition) is 2. The summed E-state index contributed by atoms with van der Waals surface area (Å²) in [6.45, 7) is 1.88. The Balaban J connectivity index is 2.39. The summed E-state index contributed by atoms with van der Waals surface area (Å²) >= 11 is 7.42. The molecule has 1 aromatic heterocycles. The number of nitrogens with two attached hydrogens (primary N) is 1. The molecule has 0 fully saturated rings. The molecule has 2 nitrogen and oxygen atoms in total. The Morgan fingerprint density at radius 3 is 2.35 bits per heavy atom. The molecule has 6 heteroatoms. The van der Waals surface area contributed by atoms with Crippen LogP contribution >= 0.6 is 22.9 Å². The molecule has 0 aliphatic rings. The lowest BCUT2D eigenvalue weighted by Crippen LogP contribution is -2.20. The van der Waals surface area contributed by atoms with Crippen molar-refractivity contribution in [3.63, 3.8) is 0 Å². The third kappa shape index (κ3) is 3.01. The van der Waals surface area contributed by atoms with Crippen molar-refractivity contribution in [1.29, 1.82) is 0 Å². The van der Waals surface area contributed by atoms with Crippen LogP contribution in [0, 0.1) is 18.6 Å². The van der Waals surface area contributed by atoms with Crippen LogP contribution in [0.4, 0.5) is 8.78 Å². The Morgan fingerprint density at radius 1 is 1.30 bits per heavy atom. The van der Waals surface area contributed by atoms with E-state index in [-0.39, 0.29) is 6.54 Å². The molecule has 0 aliphatic heterocycles. The number of benzene rings is 1. The monoisotopic (exact) mass is 317 g/mol. The van der Waals surface area contributed by atoms with E-state index in [0.717, 1.165) is 11.6 Å². The van der Waals surface area contributed by atoms with Crippen LogP contribution in [0.5, 0.6) is 0 Å². The Labute approximate surface area is 124 Å². The third-order valence-electron chi connectivity index (χ3n) is 3.14. The molecule has 0 saturated carbocycles. The molecule has 0 amide bonds. The summed E-state index contributed by atoms with van der Waals surface area (Å²) in [6, 6.07) is 3.14. The van der Waals surface area contributed by atoms with Crippen molar-refractivity contribution in [1.82, 2.24) is 0 Å². The van der Waals surface area contributed by atoms with Gasteiger partial charge in [-0.25, -0.2) is 8.78 Å². The zero-order chi connectivity index (χ0) is 14.9. The second-order valence-electron chi connectivity index (χ2n) is 4.59. The van der Waals surface area contributed by atoms with Crippen LogP contribution in [0.1, 0.15) is 28.0 Å². The maximum atomic E-state index is 13.3. The summed E-state index contributed by atoms with van der Waals surface area (Å²) in [4.78, 5) is 0.560. The summed E-state index contributed by atoms with van der Waals surface area (Å²) in [5, 5.41) is 12.7. The van der Waals surface area contributed by atoms with Gasteiger partial charge in [0.2, 0.25) is 0 Å². The Hall–Kier alpha value is -1.01. The van der Waals surface area contributed by atoms with E-state index in [2.05, 4.69) is 0 Å². The zero-order valence-electron chi connectivity index (χ0n) is 10.7. The van der Waals surface area contributed by atoms with E-state index >= 15 is 0 Å². The molecule has 2 unspecified atom stereocenters. The summed E-state index contributed by atoms with van der Waals surface area (Å²) < 4.78 is 26.6. The maximum Gasteiger partial charge on any atom is 0.126 e. The highest BCUT2D eigenvalue weighted by molar-refractivity contribution is 7.10. The number of aryl methyl sites for hydroxylation is 1. The SMILES string of the molecule is Cc1csc(C(O)C(CN)c2cc(F)cc(F)c2)c1Cl. The minimum absolute atomic E-state index is 0.0529. The number of aliphatic hydroxyl groups excluding tert-OH is 1. The summed E-state index contributed by atoms with van der Waals surface area (Å²) in [6.07, 6.45) is -0.993. The molecule has 2 aromatic rings. The van der Waals surface area contributed by atoms with Crippen LogP contribution < -0.4 is 5.73 Å². The van der Waals surface area contributed by atoms with Crippen LogP contribution in [0.15, 0.2) is 23.6 Å². The van der Waals surface area contributed by atoms with Gasteiger partial charge in [0.1, 0.15) is 11.6 Å². The Morgan fingerprint density at radius 2 is 1.90 bits per heavy atom. The van der Waals surface area contributed by atoms with Gasteiger partial charge in [0.15, 0.2) is 0 Å². The fourth-order valence-corrected chi connectivity index (χ4v) is 3.42. The topological polar surface area (TPSA) is 46.2 Å². The molecule has 2 rings (SSSR count). The predicted molar refractivity (Wildman–Crippen MR) is 77.2 cm³/mol. The van der Waals surface area contributed by atoms with E-state index in [1.54, 1.807) is 0 Å². The standard InChI is InChI=1S/C14H14ClF2NOS/c1-7-6-20-14(12(7)15)13(19)11(5-18)8-2-9(16)4-10(17)3-8/h2-4,6,11,13,19H,5,18H2,1H3. The highest BCUT2D eigenvalue weighted by Gasteiger charge is 2.26. The van der Waals surface area contributed by atoms with Crippen molar-refractivity contribution < 1.29 is 13.9 Å². The van der Waals surface area contributed by atoms with Crippen LogP contribution in [-0.2, 0) is 0 Å². The minimum atomic E-state index is -0.993. The summed E-state index contributed by atoms with van der Waals surface area (Å²) in [7, 11) is 0. The first-order valence-corrected chi connectivity index (χ1v) is 7.27. The van der Waals surface area contributed by atoms with Crippen LogP contribution in [0.2, 0.25) is 5.02 Å². The van der Waals surface area contributed by atoms with Gasteiger partial charge in [-0.05, 0) is 35.6 Å². The molecule has 0 spiro atoms. The largest absolute Gasteiger partial charge is 0.387 e. The van der Waals surface area contributed by atoms with Crippen molar-refractivity contribution >= 4 is 22.9 Å². The Kier molecular flexibility index (Phi) is 4.75. The third-order valence-corrected chi connectivity index (χ3v) is 4.93. The first-order valence-electron chi connectivity index (χ1n) is 6.01. The van der Waals surface area contributed by atoms with Gasteiger partial charge in [-0.3, -0.25) is 0 Å². The molecule has 3 N–H and O–H groups in total. The van der Waals surface area contributed by atoms with Gasteiger partial charge in [0, 0.05) is 18.5 Å². The fraction of sp³-hybridized carbons (Fsp3) is 0.286. The smallest absolute Gasteiger partial charge is 0.126 e. The fourth-order valence-electron chi connectivity index (χ4n) is 2.07. The van der Waals surface area contributed by atoms with E-state index < -0.39 is 23.7 Å². The van der Waals surface area contributed by atoms with Crippen molar-refractivity contribution in [3.8, 4) is 0 Å².